The number of aryl methyl sites for hydroxylation is 1. The number of amides is 3. The number of piperazine rings is 1. The molecule has 4 aromatic rings. The van der Waals surface area contributed by atoms with Gasteiger partial charge in [-0.25, -0.2) is 9.48 Å². The molecule has 0 bridgehead atoms. The first kappa shape index (κ1) is 62.2. The van der Waals surface area contributed by atoms with Gasteiger partial charge in [0.1, 0.15) is 18.1 Å². The van der Waals surface area contributed by atoms with Crippen LogP contribution >= 0.6 is 0 Å². The number of piperidine rings is 2. The molecule has 0 spiro atoms. The number of benzene rings is 2. The van der Waals surface area contributed by atoms with Gasteiger partial charge in [0, 0.05) is 81.7 Å². The van der Waals surface area contributed by atoms with Crippen LogP contribution in [-0.4, -0.2) is 167 Å². The molecule has 2 aromatic heterocycles. The molecule has 7 rings (SSSR count). The summed E-state index contributed by atoms with van der Waals surface area (Å²) in [4.78, 5) is 101. The standard InChI is InChI=1S/C60H88N10O11/c1-40(2)53(61)58(75)78-31-13-7-9-17-51(71)80-38-69-37-46-34-43(33-42(5)55(46)64-69)35-49(57(74)67-29-27-66(28-30-67)47-21-23-65(6)24-22-47)63-60(77)68-25-19-44(20-26-68)48-36-45-15-11-12-16-50(45)70(56(48)73)39-81-52(72)18-10-8-14-32-79-59(76)54(62)41(3)4/h11-12,15-16,33-34,36-37,40-41,44,47,49,53-54H,7-10,13-14,17-32,35,38-39,61-62H2,1-6H3,(H,63,77)/t49-,53?,54?/m1/s1. The van der Waals surface area contributed by atoms with Crippen LogP contribution in [0.4, 0.5) is 4.79 Å². The smallest absolute Gasteiger partial charge is 0.323 e. The third-order valence-electron chi connectivity index (χ3n) is 16.3. The van der Waals surface area contributed by atoms with Crippen LogP contribution in [0.1, 0.15) is 127 Å². The van der Waals surface area contributed by atoms with Gasteiger partial charge >= 0.3 is 29.9 Å². The molecule has 444 valence electrons. The molecular weight excluding hydrogens is 1040 g/mol. The fourth-order valence-corrected chi connectivity index (χ4v) is 10.9. The molecule has 5 N–H and O–H groups in total. The number of nitrogens with zero attached hydrogens (tertiary/aromatic N) is 7. The largest absolute Gasteiger partial charge is 0.465 e. The molecular formula is C60H88N10O11. The maximum absolute atomic E-state index is 14.7. The van der Waals surface area contributed by atoms with Crippen LogP contribution < -0.4 is 22.3 Å². The van der Waals surface area contributed by atoms with E-state index in [0.717, 1.165) is 66.4 Å². The molecule has 81 heavy (non-hydrogen) atoms. The van der Waals surface area contributed by atoms with Gasteiger partial charge in [0.05, 0.1) is 24.2 Å². The summed E-state index contributed by atoms with van der Waals surface area (Å²) in [6.45, 7) is 15.0. The fourth-order valence-electron chi connectivity index (χ4n) is 10.9. The van der Waals surface area contributed by atoms with Gasteiger partial charge in [0.25, 0.3) is 5.56 Å². The molecule has 0 saturated carbocycles. The number of carbonyl (C=O) groups excluding carboxylic acids is 6. The fraction of sp³-hybridized carbons (Fsp3) is 0.633. The number of hydrogen-bond acceptors (Lipinski definition) is 16. The third kappa shape index (κ3) is 17.5. The number of likely N-dealkylation sites (tertiary alicyclic amines) is 2. The van der Waals surface area contributed by atoms with E-state index >= 15 is 0 Å². The Labute approximate surface area is 476 Å². The van der Waals surface area contributed by atoms with Crippen molar-refractivity contribution in [1.82, 2.24) is 39.3 Å². The molecule has 3 fully saturated rings. The minimum atomic E-state index is -0.864. The average Bonchev–Trinajstić information content (AvgIpc) is 4.12. The highest BCUT2D eigenvalue weighted by Crippen LogP contribution is 2.29. The SMILES string of the molecule is Cc1cc(C[C@@H](NC(=O)N2CCC(c3cc4ccccc4n(COC(=O)CCCCCOC(=O)C(N)C(C)C)c3=O)CC2)C(=O)N2CCN(C3CCN(C)CC3)CC2)cc2cn(COC(=O)CCCCCOC(=O)C(N)C(C)C)nc12. The van der Waals surface area contributed by atoms with Gasteiger partial charge in [0.15, 0.2) is 13.5 Å². The molecule has 3 aliphatic heterocycles. The number of esters is 4. The lowest BCUT2D eigenvalue weighted by atomic mass is 9.89. The summed E-state index contributed by atoms with van der Waals surface area (Å²) in [5.41, 5.74) is 15.1. The number of unbranched alkanes of at least 4 members (excludes halogenated alkanes) is 4. The van der Waals surface area contributed by atoms with Crippen LogP contribution in [0.2, 0.25) is 0 Å². The van der Waals surface area contributed by atoms with Crippen LogP contribution in [0, 0.1) is 18.8 Å². The van der Waals surface area contributed by atoms with Gasteiger partial charge in [-0.1, -0.05) is 52.0 Å². The van der Waals surface area contributed by atoms with E-state index < -0.39 is 36.0 Å². The molecule has 3 saturated heterocycles. The van der Waals surface area contributed by atoms with Crippen molar-refractivity contribution in [3.8, 4) is 0 Å². The van der Waals surface area contributed by atoms with Crippen molar-refractivity contribution in [1.29, 1.82) is 0 Å². The summed E-state index contributed by atoms with van der Waals surface area (Å²) in [5, 5.41) is 9.49. The number of pyridine rings is 1. The predicted molar refractivity (Wildman–Crippen MR) is 308 cm³/mol. The third-order valence-corrected chi connectivity index (χ3v) is 16.3. The highest BCUT2D eigenvalue weighted by Gasteiger charge is 2.34. The molecule has 3 aliphatic rings. The number of rotatable bonds is 26. The molecule has 21 heteroatoms. The van der Waals surface area contributed by atoms with Crippen LogP contribution in [0.25, 0.3) is 21.8 Å². The van der Waals surface area contributed by atoms with Crippen molar-refractivity contribution in [3.63, 3.8) is 0 Å². The lowest BCUT2D eigenvalue weighted by Gasteiger charge is -2.43. The zero-order valence-electron chi connectivity index (χ0n) is 48.6. The number of ether oxygens (including phenoxy) is 4. The first-order valence-electron chi connectivity index (χ1n) is 29.4. The first-order chi connectivity index (χ1) is 38.9. The maximum Gasteiger partial charge on any atom is 0.323 e. The predicted octanol–water partition coefficient (Wildman–Crippen LogP) is 5.57. The second-order valence-corrected chi connectivity index (χ2v) is 23.1. The Morgan fingerprint density at radius 3 is 1.88 bits per heavy atom. The Hall–Kier alpha value is -6.42. The number of para-hydroxylation sites is 1. The minimum absolute atomic E-state index is 0.00968. The second kappa shape index (κ2) is 30.0. The molecule has 3 amide bonds. The van der Waals surface area contributed by atoms with Crippen molar-refractivity contribution in [3.05, 3.63) is 75.7 Å². The van der Waals surface area contributed by atoms with Crippen LogP contribution in [0.5, 0.6) is 0 Å². The van der Waals surface area contributed by atoms with Gasteiger partial charge in [-0.3, -0.25) is 38.2 Å². The first-order valence-corrected chi connectivity index (χ1v) is 29.4. The van der Waals surface area contributed by atoms with Gasteiger partial charge in [-0.05, 0) is 144 Å². The summed E-state index contributed by atoms with van der Waals surface area (Å²) in [6.07, 6.45) is 9.29. The number of fused-ring (bicyclic) bond motifs is 2. The molecule has 3 atom stereocenters. The van der Waals surface area contributed by atoms with Crippen molar-refractivity contribution in [2.75, 3.05) is 72.6 Å². The number of nitrogens with two attached hydrogens (primary N) is 2. The second-order valence-electron chi connectivity index (χ2n) is 23.1. The van der Waals surface area contributed by atoms with Crippen molar-refractivity contribution < 1.29 is 47.7 Å². The van der Waals surface area contributed by atoms with Crippen LogP contribution in [0.3, 0.4) is 0 Å². The number of aromatic nitrogens is 3. The zero-order valence-corrected chi connectivity index (χ0v) is 48.6. The molecule has 0 aliphatic carbocycles. The number of nitrogens with one attached hydrogen (secondary N) is 1. The highest BCUT2D eigenvalue weighted by atomic mass is 16.6. The van der Waals surface area contributed by atoms with E-state index in [1.807, 2.05) is 88.2 Å². The number of hydrogen-bond donors (Lipinski definition) is 3. The number of urea groups is 1. The van der Waals surface area contributed by atoms with Crippen molar-refractivity contribution in [2.24, 2.45) is 23.3 Å². The summed E-state index contributed by atoms with van der Waals surface area (Å²) in [5.74, 6) is -1.99. The molecule has 2 aromatic carbocycles. The minimum Gasteiger partial charge on any atom is -0.465 e. The van der Waals surface area contributed by atoms with E-state index in [0.29, 0.717) is 94.7 Å². The Morgan fingerprint density at radius 2 is 1.27 bits per heavy atom. The van der Waals surface area contributed by atoms with E-state index in [4.69, 9.17) is 35.5 Å². The monoisotopic (exact) mass is 1120 g/mol. The Kier molecular flexibility index (Phi) is 23.1. The highest BCUT2D eigenvalue weighted by molar-refractivity contribution is 5.88. The van der Waals surface area contributed by atoms with E-state index in [9.17, 15) is 33.6 Å². The Morgan fingerprint density at radius 1 is 0.679 bits per heavy atom. The lowest BCUT2D eigenvalue weighted by Crippen LogP contribution is -2.59. The van der Waals surface area contributed by atoms with Gasteiger partial charge < -0.3 is 50.4 Å². The molecule has 21 nitrogen and oxygen atoms in total. The summed E-state index contributed by atoms with van der Waals surface area (Å²) in [7, 11) is 2.15. The Bertz CT molecular complexity index is 2830. The van der Waals surface area contributed by atoms with E-state index in [1.165, 1.54) is 4.57 Å². The van der Waals surface area contributed by atoms with Gasteiger partial charge in [-0.15, -0.1) is 0 Å². The lowest BCUT2D eigenvalue weighted by molar-refractivity contribution is -0.149. The van der Waals surface area contributed by atoms with E-state index in [-0.39, 0.29) is 87.2 Å². The quantitative estimate of drug-likeness (QED) is 0.0394. The zero-order chi connectivity index (χ0) is 58.2. The molecule has 2 unspecified atom stereocenters. The van der Waals surface area contributed by atoms with Crippen LogP contribution in [0.15, 0.2) is 53.5 Å². The normalized spacial score (nSPS) is 17.1. The van der Waals surface area contributed by atoms with Crippen molar-refractivity contribution >= 4 is 57.6 Å². The number of carbonyl (C=O) groups is 6. The summed E-state index contributed by atoms with van der Waals surface area (Å²) in [6, 6.07) is 11.3. The average molecular weight is 1130 g/mol. The topological polar surface area (TPSA) is 256 Å². The summed E-state index contributed by atoms with van der Waals surface area (Å²) >= 11 is 0. The van der Waals surface area contributed by atoms with Gasteiger partial charge in [0.2, 0.25) is 5.91 Å². The van der Waals surface area contributed by atoms with E-state index in [2.05, 4.69) is 22.2 Å². The van der Waals surface area contributed by atoms with Crippen LogP contribution in [-0.2, 0) is 62.8 Å². The van der Waals surface area contributed by atoms with Crippen molar-refractivity contribution in [2.45, 2.75) is 162 Å². The summed E-state index contributed by atoms with van der Waals surface area (Å²) < 4.78 is 24.8. The Balaban J connectivity index is 0.955. The molecule has 0 radical (unpaired) electrons. The van der Waals surface area contributed by atoms with E-state index in [1.54, 1.807) is 9.58 Å². The molecule has 5 heterocycles. The van der Waals surface area contributed by atoms with Gasteiger partial charge in [-0.2, -0.15) is 5.10 Å². The maximum atomic E-state index is 14.7.